The van der Waals surface area contributed by atoms with Crippen molar-refractivity contribution >= 4 is 16.8 Å². The van der Waals surface area contributed by atoms with E-state index >= 15 is 0 Å². The number of aryl methyl sites for hydroxylation is 3. The summed E-state index contributed by atoms with van der Waals surface area (Å²) in [4.78, 5) is 15.9. The first-order chi connectivity index (χ1) is 11.6. The van der Waals surface area contributed by atoms with Gasteiger partial charge in [-0.05, 0) is 77.5 Å². The first-order valence-electron chi connectivity index (χ1n) is 9.17. The number of nitrogens with one attached hydrogen (secondary N) is 2. The topological polar surface area (TPSA) is 65.1 Å². The molecule has 1 amide bonds. The number of benzene rings is 1. The van der Waals surface area contributed by atoms with E-state index in [1.165, 1.54) is 16.5 Å². The van der Waals surface area contributed by atoms with Crippen LogP contribution >= 0.6 is 0 Å². The molecule has 0 radical (unpaired) electrons. The minimum Gasteiger partial charge on any atom is -0.390 e. The Kier molecular flexibility index (Phi) is 5.94. The van der Waals surface area contributed by atoms with Gasteiger partial charge in [-0.2, -0.15) is 0 Å². The fourth-order valence-corrected chi connectivity index (χ4v) is 3.43. The normalized spacial score (nSPS) is 13.2. The van der Waals surface area contributed by atoms with Crippen molar-refractivity contribution in [3.05, 3.63) is 34.5 Å². The van der Waals surface area contributed by atoms with E-state index in [1.807, 2.05) is 27.7 Å². The quantitative estimate of drug-likeness (QED) is 0.708. The summed E-state index contributed by atoms with van der Waals surface area (Å²) in [5.74, 6) is 0.0562. The lowest BCUT2D eigenvalue weighted by Gasteiger charge is -2.19. The number of aromatic nitrogens is 1. The maximum absolute atomic E-state index is 12.5. The van der Waals surface area contributed by atoms with Gasteiger partial charge in [0, 0.05) is 22.6 Å². The SMILES string of the molecule is Cc1[nH]c2c(C)ccc(C)c2c1CC(=O)N[C@H](C)CCCC(C)(C)O. The maximum Gasteiger partial charge on any atom is 0.224 e. The summed E-state index contributed by atoms with van der Waals surface area (Å²) >= 11 is 0. The standard InChI is InChI=1S/C21H32N2O2/c1-13-9-10-14(2)20-19(13)17(16(4)23-20)12-18(24)22-15(3)8-7-11-21(5,6)25/h9-10,15,23,25H,7-8,11-12H2,1-6H3,(H,22,24)/t15-/m1/s1. The number of carbonyl (C=O) groups excluding carboxylic acids is 1. The van der Waals surface area contributed by atoms with Crippen molar-refractivity contribution in [2.75, 3.05) is 0 Å². The molecule has 4 nitrogen and oxygen atoms in total. The molecule has 0 saturated heterocycles. The van der Waals surface area contributed by atoms with Crippen molar-refractivity contribution < 1.29 is 9.90 Å². The Bertz CT molecular complexity index is 753. The number of H-pyrrole nitrogens is 1. The molecule has 0 aliphatic heterocycles. The molecule has 0 saturated carbocycles. The number of fused-ring (bicyclic) bond motifs is 1. The molecule has 4 heteroatoms. The average Bonchev–Trinajstić information content (AvgIpc) is 2.80. The Morgan fingerprint density at radius 1 is 1.24 bits per heavy atom. The van der Waals surface area contributed by atoms with Crippen molar-refractivity contribution in [3.8, 4) is 0 Å². The Labute approximate surface area is 151 Å². The van der Waals surface area contributed by atoms with Crippen LogP contribution in [-0.2, 0) is 11.2 Å². The second-order valence-electron chi connectivity index (χ2n) is 8.03. The molecule has 138 valence electrons. The Morgan fingerprint density at radius 3 is 2.52 bits per heavy atom. The molecule has 3 N–H and O–H groups in total. The van der Waals surface area contributed by atoms with E-state index in [0.29, 0.717) is 6.42 Å². The van der Waals surface area contributed by atoms with Gasteiger partial charge < -0.3 is 15.4 Å². The van der Waals surface area contributed by atoms with Crippen molar-refractivity contribution in [2.24, 2.45) is 0 Å². The van der Waals surface area contributed by atoms with Gasteiger partial charge in [0.05, 0.1) is 12.0 Å². The summed E-state index contributed by atoms with van der Waals surface area (Å²) in [6.07, 6.45) is 2.91. The number of carbonyl (C=O) groups is 1. The minimum absolute atomic E-state index is 0.0562. The molecule has 0 aliphatic carbocycles. The van der Waals surface area contributed by atoms with Gasteiger partial charge in [-0.15, -0.1) is 0 Å². The summed E-state index contributed by atoms with van der Waals surface area (Å²) in [5, 5.41) is 14.1. The fourth-order valence-electron chi connectivity index (χ4n) is 3.43. The van der Waals surface area contributed by atoms with Crippen LogP contribution < -0.4 is 5.32 Å². The van der Waals surface area contributed by atoms with Gasteiger partial charge >= 0.3 is 0 Å². The van der Waals surface area contributed by atoms with Gasteiger partial charge in [0.2, 0.25) is 5.91 Å². The highest BCUT2D eigenvalue weighted by Gasteiger charge is 2.17. The molecule has 1 aromatic carbocycles. The van der Waals surface area contributed by atoms with Crippen LogP contribution in [0, 0.1) is 20.8 Å². The van der Waals surface area contributed by atoms with Gasteiger partial charge in [0.25, 0.3) is 0 Å². The molecule has 1 heterocycles. The highest BCUT2D eigenvalue weighted by atomic mass is 16.3. The second-order valence-corrected chi connectivity index (χ2v) is 8.03. The van der Waals surface area contributed by atoms with Gasteiger partial charge in [-0.25, -0.2) is 0 Å². The second kappa shape index (κ2) is 7.61. The van der Waals surface area contributed by atoms with Gasteiger partial charge in [-0.3, -0.25) is 4.79 Å². The molecule has 1 atom stereocenters. The third kappa shape index (κ3) is 5.08. The van der Waals surface area contributed by atoms with Crippen molar-refractivity contribution in [1.29, 1.82) is 0 Å². The number of rotatable bonds is 7. The molecule has 25 heavy (non-hydrogen) atoms. The summed E-state index contributed by atoms with van der Waals surface area (Å²) in [6, 6.07) is 4.34. The molecule has 0 fully saturated rings. The van der Waals surface area contributed by atoms with E-state index in [-0.39, 0.29) is 11.9 Å². The van der Waals surface area contributed by atoms with Gasteiger partial charge in [0.15, 0.2) is 0 Å². The van der Waals surface area contributed by atoms with E-state index in [2.05, 4.69) is 36.3 Å². The number of hydrogen-bond donors (Lipinski definition) is 3. The molecule has 1 aromatic heterocycles. The smallest absolute Gasteiger partial charge is 0.224 e. The van der Waals surface area contributed by atoms with Crippen LogP contribution in [0.3, 0.4) is 0 Å². The lowest BCUT2D eigenvalue weighted by Crippen LogP contribution is -2.34. The third-order valence-corrected chi connectivity index (χ3v) is 4.86. The third-order valence-electron chi connectivity index (χ3n) is 4.86. The Balaban J connectivity index is 2.03. The molecule has 0 unspecified atom stereocenters. The molecule has 2 rings (SSSR count). The van der Waals surface area contributed by atoms with E-state index in [1.54, 1.807) is 0 Å². The Morgan fingerprint density at radius 2 is 1.88 bits per heavy atom. The van der Waals surface area contributed by atoms with E-state index < -0.39 is 5.60 Å². The van der Waals surface area contributed by atoms with Crippen LogP contribution in [0.25, 0.3) is 10.9 Å². The van der Waals surface area contributed by atoms with Gasteiger partial charge in [-0.1, -0.05) is 12.1 Å². The molecule has 0 spiro atoms. The fraction of sp³-hybridized carbons (Fsp3) is 0.571. The monoisotopic (exact) mass is 344 g/mol. The molecule has 0 aliphatic rings. The van der Waals surface area contributed by atoms with E-state index in [0.717, 1.165) is 36.0 Å². The van der Waals surface area contributed by atoms with Crippen molar-refractivity contribution in [1.82, 2.24) is 10.3 Å². The maximum atomic E-state index is 12.5. The largest absolute Gasteiger partial charge is 0.390 e. The van der Waals surface area contributed by atoms with Crippen molar-refractivity contribution in [2.45, 2.75) is 78.9 Å². The number of hydrogen-bond acceptors (Lipinski definition) is 2. The highest BCUT2D eigenvalue weighted by molar-refractivity contribution is 5.93. The molecular formula is C21H32N2O2. The van der Waals surface area contributed by atoms with E-state index in [4.69, 9.17) is 0 Å². The molecular weight excluding hydrogens is 312 g/mol. The van der Waals surface area contributed by atoms with Crippen LogP contribution in [0.5, 0.6) is 0 Å². The number of aliphatic hydroxyl groups is 1. The zero-order valence-electron chi connectivity index (χ0n) is 16.4. The predicted molar refractivity (Wildman–Crippen MR) is 104 cm³/mol. The summed E-state index contributed by atoms with van der Waals surface area (Å²) in [5.41, 5.74) is 5.06. The zero-order valence-corrected chi connectivity index (χ0v) is 16.4. The zero-order chi connectivity index (χ0) is 18.8. The van der Waals surface area contributed by atoms with Crippen LogP contribution in [0.1, 0.15) is 62.4 Å². The molecule has 2 aromatic rings. The van der Waals surface area contributed by atoms with Crippen LogP contribution in [0.4, 0.5) is 0 Å². The van der Waals surface area contributed by atoms with Gasteiger partial charge in [0.1, 0.15) is 0 Å². The lowest BCUT2D eigenvalue weighted by molar-refractivity contribution is -0.121. The predicted octanol–water partition coefficient (Wildman–Crippen LogP) is 4.08. The lowest BCUT2D eigenvalue weighted by atomic mass is 9.99. The van der Waals surface area contributed by atoms with Crippen LogP contribution in [0.2, 0.25) is 0 Å². The molecule has 0 bridgehead atoms. The summed E-state index contributed by atoms with van der Waals surface area (Å²) in [7, 11) is 0. The number of aromatic amines is 1. The average molecular weight is 344 g/mol. The van der Waals surface area contributed by atoms with E-state index in [9.17, 15) is 9.90 Å². The summed E-state index contributed by atoms with van der Waals surface area (Å²) in [6.45, 7) is 11.9. The Hall–Kier alpha value is -1.81. The highest BCUT2D eigenvalue weighted by Crippen LogP contribution is 2.28. The summed E-state index contributed by atoms with van der Waals surface area (Å²) < 4.78 is 0. The first-order valence-corrected chi connectivity index (χ1v) is 9.17. The first kappa shape index (κ1) is 19.5. The van der Waals surface area contributed by atoms with Crippen molar-refractivity contribution in [3.63, 3.8) is 0 Å². The van der Waals surface area contributed by atoms with Crippen LogP contribution in [-0.4, -0.2) is 27.6 Å². The number of amides is 1. The van der Waals surface area contributed by atoms with Crippen LogP contribution in [0.15, 0.2) is 12.1 Å². The minimum atomic E-state index is -0.639.